The van der Waals surface area contributed by atoms with Gasteiger partial charge in [0.1, 0.15) is 5.75 Å². The third-order valence-corrected chi connectivity index (χ3v) is 3.56. The molecule has 120 valence electrons. The molecule has 1 N–H and O–H groups in total. The zero-order valence-corrected chi connectivity index (χ0v) is 14.2. The van der Waals surface area contributed by atoms with E-state index in [0.29, 0.717) is 12.0 Å². The number of nitrogens with one attached hydrogen (secondary N) is 1. The molecule has 0 fully saturated rings. The Kier molecular flexibility index (Phi) is 8.40. The van der Waals surface area contributed by atoms with Crippen LogP contribution in [0.3, 0.4) is 0 Å². The lowest BCUT2D eigenvalue weighted by molar-refractivity contribution is 0.0289. The van der Waals surface area contributed by atoms with Crippen molar-refractivity contribution in [3.63, 3.8) is 0 Å². The van der Waals surface area contributed by atoms with Crippen LogP contribution in [0.25, 0.3) is 0 Å². The lowest BCUT2D eigenvalue weighted by atomic mass is 10.1. The molecule has 0 saturated heterocycles. The van der Waals surface area contributed by atoms with Crippen LogP contribution in [-0.4, -0.2) is 26.3 Å². The van der Waals surface area contributed by atoms with E-state index in [4.69, 9.17) is 9.47 Å². The van der Waals surface area contributed by atoms with E-state index >= 15 is 0 Å². The highest BCUT2D eigenvalue weighted by molar-refractivity contribution is 5.28. The Hall–Kier alpha value is -1.06. The Morgan fingerprint density at radius 2 is 1.76 bits per heavy atom. The molecule has 0 amide bonds. The van der Waals surface area contributed by atoms with E-state index in [-0.39, 0.29) is 6.10 Å². The molecule has 3 nitrogen and oxygen atoms in total. The van der Waals surface area contributed by atoms with E-state index in [1.165, 1.54) is 18.4 Å². The predicted molar refractivity (Wildman–Crippen MR) is 88.9 cm³/mol. The molecule has 0 spiro atoms. The minimum atomic E-state index is 0.0950. The largest absolute Gasteiger partial charge is 0.497 e. The van der Waals surface area contributed by atoms with Crippen LogP contribution in [0.4, 0.5) is 0 Å². The molecule has 0 saturated carbocycles. The van der Waals surface area contributed by atoms with Crippen LogP contribution in [-0.2, 0) is 4.74 Å². The van der Waals surface area contributed by atoms with Crippen molar-refractivity contribution in [1.29, 1.82) is 0 Å². The predicted octanol–water partition coefficient (Wildman–Crippen LogP) is 4.19. The number of rotatable bonds is 10. The molecule has 1 aromatic carbocycles. The molecular formula is C18H31NO2. The highest BCUT2D eigenvalue weighted by Gasteiger charge is 2.14. The highest BCUT2D eigenvalue weighted by Crippen LogP contribution is 2.22. The molecule has 0 aliphatic rings. The summed E-state index contributed by atoms with van der Waals surface area (Å²) in [6.07, 6.45) is 2.52. The molecule has 0 bridgehead atoms. The topological polar surface area (TPSA) is 30.5 Å². The van der Waals surface area contributed by atoms with Gasteiger partial charge in [0.2, 0.25) is 0 Å². The van der Waals surface area contributed by atoms with Gasteiger partial charge in [0.25, 0.3) is 0 Å². The summed E-state index contributed by atoms with van der Waals surface area (Å²) in [4.78, 5) is 0. The maximum absolute atomic E-state index is 6.16. The van der Waals surface area contributed by atoms with Crippen LogP contribution in [0.1, 0.15) is 52.2 Å². The smallest absolute Gasteiger partial charge is 0.118 e. The first-order valence-electron chi connectivity index (χ1n) is 8.05. The third kappa shape index (κ3) is 6.96. The van der Waals surface area contributed by atoms with Crippen LogP contribution in [0, 0.1) is 5.92 Å². The fourth-order valence-corrected chi connectivity index (χ4v) is 2.29. The molecule has 0 aliphatic carbocycles. The third-order valence-electron chi connectivity index (χ3n) is 3.56. The zero-order valence-electron chi connectivity index (χ0n) is 14.2. The van der Waals surface area contributed by atoms with E-state index < -0.39 is 0 Å². The van der Waals surface area contributed by atoms with Gasteiger partial charge in [-0.15, -0.1) is 0 Å². The summed E-state index contributed by atoms with van der Waals surface area (Å²) in [5.41, 5.74) is 1.20. The molecule has 0 heterocycles. The Labute approximate surface area is 130 Å². The van der Waals surface area contributed by atoms with Crippen molar-refractivity contribution >= 4 is 0 Å². The van der Waals surface area contributed by atoms with Gasteiger partial charge in [-0.3, -0.25) is 0 Å². The van der Waals surface area contributed by atoms with Gasteiger partial charge in [0.05, 0.1) is 19.8 Å². The summed E-state index contributed by atoms with van der Waals surface area (Å²) in [5, 5.41) is 3.47. The second kappa shape index (κ2) is 9.80. The standard InChI is InChI=1S/C18H31NO2/c1-6-7-15(4)13-21-18(12-19-14(2)3)16-8-10-17(20-5)11-9-16/h8-11,14-15,18-19H,6-7,12-13H2,1-5H3. The molecule has 1 aromatic rings. The lowest BCUT2D eigenvalue weighted by Crippen LogP contribution is -2.29. The lowest BCUT2D eigenvalue weighted by Gasteiger charge is -2.22. The maximum Gasteiger partial charge on any atom is 0.118 e. The van der Waals surface area contributed by atoms with Gasteiger partial charge in [-0.1, -0.05) is 46.2 Å². The van der Waals surface area contributed by atoms with Crippen molar-refractivity contribution in [2.24, 2.45) is 5.92 Å². The SMILES string of the molecule is CCCC(C)COC(CNC(C)C)c1ccc(OC)cc1. The summed E-state index contributed by atoms with van der Waals surface area (Å²) >= 11 is 0. The highest BCUT2D eigenvalue weighted by atomic mass is 16.5. The molecular weight excluding hydrogens is 262 g/mol. The average molecular weight is 293 g/mol. The van der Waals surface area contributed by atoms with E-state index in [0.717, 1.165) is 18.9 Å². The monoisotopic (exact) mass is 293 g/mol. The second-order valence-corrected chi connectivity index (χ2v) is 6.05. The van der Waals surface area contributed by atoms with Gasteiger partial charge in [-0.05, 0) is 30.0 Å². The van der Waals surface area contributed by atoms with Crippen molar-refractivity contribution in [1.82, 2.24) is 5.32 Å². The van der Waals surface area contributed by atoms with Crippen molar-refractivity contribution < 1.29 is 9.47 Å². The molecule has 0 aromatic heterocycles. The van der Waals surface area contributed by atoms with Gasteiger partial charge in [0, 0.05) is 12.6 Å². The average Bonchev–Trinajstić information content (AvgIpc) is 2.47. The van der Waals surface area contributed by atoms with Gasteiger partial charge in [0.15, 0.2) is 0 Å². The van der Waals surface area contributed by atoms with E-state index in [1.54, 1.807) is 7.11 Å². The van der Waals surface area contributed by atoms with Crippen molar-refractivity contribution in [2.75, 3.05) is 20.3 Å². The molecule has 2 atom stereocenters. The minimum absolute atomic E-state index is 0.0950. The molecule has 0 aliphatic heterocycles. The van der Waals surface area contributed by atoms with Crippen LogP contribution in [0.15, 0.2) is 24.3 Å². The summed E-state index contributed by atoms with van der Waals surface area (Å²) in [5.74, 6) is 1.49. The van der Waals surface area contributed by atoms with Crippen LogP contribution < -0.4 is 10.1 Å². The summed E-state index contributed by atoms with van der Waals surface area (Å²) in [6.45, 7) is 10.4. The summed E-state index contributed by atoms with van der Waals surface area (Å²) in [6, 6.07) is 8.64. The van der Waals surface area contributed by atoms with Crippen molar-refractivity contribution in [3.05, 3.63) is 29.8 Å². The number of methoxy groups -OCH3 is 1. The van der Waals surface area contributed by atoms with Gasteiger partial charge < -0.3 is 14.8 Å². The molecule has 21 heavy (non-hydrogen) atoms. The number of hydrogen-bond acceptors (Lipinski definition) is 3. The first-order valence-corrected chi connectivity index (χ1v) is 8.05. The summed E-state index contributed by atoms with van der Waals surface area (Å²) < 4.78 is 11.4. The second-order valence-electron chi connectivity index (χ2n) is 6.05. The first-order chi connectivity index (χ1) is 10.1. The molecule has 3 heteroatoms. The summed E-state index contributed by atoms with van der Waals surface area (Å²) in [7, 11) is 1.69. The Balaban J connectivity index is 2.65. The fourth-order valence-electron chi connectivity index (χ4n) is 2.29. The van der Waals surface area contributed by atoms with E-state index in [1.807, 2.05) is 12.1 Å². The Morgan fingerprint density at radius 3 is 2.29 bits per heavy atom. The number of hydrogen-bond donors (Lipinski definition) is 1. The van der Waals surface area contributed by atoms with E-state index in [9.17, 15) is 0 Å². The van der Waals surface area contributed by atoms with Crippen LogP contribution in [0.2, 0.25) is 0 Å². The quantitative estimate of drug-likeness (QED) is 0.702. The van der Waals surface area contributed by atoms with Gasteiger partial charge >= 0.3 is 0 Å². The minimum Gasteiger partial charge on any atom is -0.497 e. The molecule has 1 rings (SSSR count). The molecule has 2 unspecified atom stereocenters. The van der Waals surface area contributed by atoms with Crippen LogP contribution in [0.5, 0.6) is 5.75 Å². The van der Waals surface area contributed by atoms with Crippen molar-refractivity contribution in [3.8, 4) is 5.75 Å². The Bertz CT molecular complexity index is 375. The fraction of sp³-hybridized carbons (Fsp3) is 0.667. The van der Waals surface area contributed by atoms with Gasteiger partial charge in [-0.2, -0.15) is 0 Å². The van der Waals surface area contributed by atoms with Gasteiger partial charge in [-0.25, -0.2) is 0 Å². The van der Waals surface area contributed by atoms with E-state index in [2.05, 4.69) is 45.1 Å². The number of ether oxygens (including phenoxy) is 2. The van der Waals surface area contributed by atoms with Crippen molar-refractivity contribution in [2.45, 2.75) is 52.7 Å². The van der Waals surface area contributed by atoms with Crippen LogP contribution >= 0.6 is 0 Å². The maximum atomic E-state index is 6.16. The number of benzene rings is 1. The molecule has 0 radical (unpaired) electrons. The zero-order chi connectivity index (χ0) is 15.7. The Morgan fingerprint density at radius 1 is 1.10 bits per heavy atom. The normalized spacial score (nSPS) is 14.2. The first kappa shape index (κ1) is 18.0.